The molecule has 0 aromatic heterocycles. The molecule has 0 spiro atoms. The van der Waals surface area contributed by atoms with E-state index in [1.165, 1.54) is 0 Å². The van der Waals surface area contributed by atoms with Gasteiger partial charge in [-0.3, -0.25) is 15.0 Å². The van der Waals surface area contributed by atoms with Crippen LogP contribution in [0.15, 0.2) is 48.5 Å². The second-order valence-corrected chi connectivity index (χ2v) is 5.70. The van der Waals surface area contributed by atoms with Gasteiger partial charge in [0.25, 0.3) is 11.8 Å². The molecule has 0 radical (unpaired) electrons. The highest BCUT2D eigenvalue weighted by Crippen LogP contribution is 2.21. The van der Waals surface area contributed by atoms with Crippen LogP contribution in [0.4, 0.5) is 0 Å². The third-order valence-electron chi connectivity index (χ3n) is 4.04. The molecule has 1 aliphatic rings. The fraction of sp³-hybridized carbons (Fsp3) is 0.222. The average molecular weight is 325 g/mol. The van der Waals surface area contributed by atoms with Crippen LogP contribution < -0.4 is 20.9 Å². The summed E-state index contributed by atoms with van der Waals surface area (Å²) in [7, 11) is 1.57. The Morgan fingerprint density at radius 1 is 1.08 bits per heavy atom. The molecule has 1 aliphatic heterocycles. The molecule has 2 aromatic rings. The maximum absolute atomic E-state index is 12.4. The summed E-state index contributed by atoms with van der Waals surface area (Å²) >= 11 is 0. The number of hydrazine groups is 1. The van der Waals surface area contributed by atoms with E-state index in [4.69, 9.17) is 4.74 Å². The standard InChI is InChI=1S/C18H19N3O3/c1-11-3-5-12(6-4-11)15-16(18(23)21-20-15)19-17(22)13-7-9-14(24-2)10-8-13/h3-10,15-16,20H,1-2H3,(H,19,22)(H,21,23). The zero-order valence-electron chi connectivity index (χ0n) is 13.5. The minimum atomic E-state index is -0.678. The maximum Gasteiger partial charge on any atom is 0.258 e. The number of benzene rings is 2. The van der Waals surface area contributed by atoms with Crippen LogP contribution in [0, 0.1) is 6.92 Å². The summed E-state index contributed by atoms with van der Waals surface area (Å²) in [6.45, 7) is 2.00. The van der Waals surface area contributed by atoms with Crippen LogP contribution in [0.3, 0.4) is 0 Å². The summed E-state index contributed by atoms with van der Waals surface area (Å²) in [6.07, 6.45) is 0. The number of ether oxygens (including phenoxy) is 1. The number of methoxy groups -OCH3 is 1. The van der Waals surface area contributed by atoms with E-state index in [1.54, 1.807) is 31.4 Å². The van der Waals surface area contributed by atoms with Gasteiger partial charge in [0.1, 0.15) is 11.8 Å². The zero-order chi connectivity index (χ0) is 17.1. The van der Waals surface area contributed by atoms with E-state index in [0.717, 1.165) is 11.1 Å². The van der Waals surface area contributed by atoms with Gasteiger partial charge in [0, 0.05) is 5.56 Å². The zero-order valence-corrected chi connectivity index (χ0v) is 13.5. The summed E-state index contributed by atoms with van der Waals surface area (Å²) < 4.78 is 5.08. The van der Waals surface area contributed by atoms with Gasteiger partial charge in [0.15, 0.2) is 0 Å². The van der Waals surface area contributed by atoms with Crippen molar-refractivity contribution in [3.63, 3.8) is 0 Å². The van der Waals surface area contributed by atoms with Crippen molar-refractivity contribution in [2.24, 2.45) is 0 Å². The number of carbonyl (C=O) groups is 2. The van der Waals surface area contributed by atoms with Crippen molar-refractivity contribution >= 4 is 11.8 Å². The molecule has 1 saturated heterocycles. The molecule has 6 heteroatoms. The Balaban J connectivity index is 1.76. The van der Waals surface area contributed by atoms with Gasteiger partial charge in [-0.05, 0) is 36.8 Å². The Bertz CT molecular complexity index is 741. The molecular weight excluding hydrogens is 306 g/mol. The van der Waals surface area contributed by atoms with Crippen molar-refractivity contribution in [3.8, 4) is 5.75 Å². The van der Waals surface area contributed by atoms with E-state index in [2.05, 4.69) is 16.2 Å². The molecule has 6 nitrogen and oxygen atoms in total. The highest BCUT2D eigenvalue weighted by atomic mass is 16.5. The predicted molar refractivity (Wildman–Crippen MR) is 89.4 cm³/mol. The number of amides is 2. The molecule has 1 fully saturated rings. The lowest BCUT2D eigenvalue weighted by Gasteiger charge is -2.18. The van der Waals surface area contributed by atoms with Gasteiger partial charge in [-0.2, -0.15) is 0 Å². The average Bonchev–Trinajstić information content (AvgIpc) is 2.96. The van der Waals surface area contributed by atoms with Crippen LogP contribution in [0.1, 0.15) is 27.5 Å². The van der Waals surface area contributed by atoms with Crippen LogP contribution in [0.2, 0.25) is 0 Å². The molecule has 3 N–H and O–H groups in total. The largest absolute Gasteiger partial charge is 0.497 e. The van der Waals surface area contributed by atoms with Crippen molar-refractivity contribution in [2.45, 2.75) is 19.0 Å². The topological polar surface area (TPSA) is 79.5 Å². The lowest BCUT2D eigenvalue weighted by atomic mass is 9.99. The number of aryl methyl sites for hydroxylation is 1. The molecule has 2 unspecified atom stereocenters. The monoisotopic (exact) mass is 325 g/mol. The van der Waals surface area contributed by atoms with E-state index < -0.39 is 6.04 Å². The summed E-state index contributed by atoms with van der Waals surface area (Å²) in [5.74, 6) is 0.102. The molecule has 0 bridgehead atoms. The van der Waals surface area contributed by atoms with Crippen molar-refractivity contribution in [1.82, 2.24) is 16.2 Å². The van der Waals surface area contributed by atoms with E-state index >= 15 is 0 Å². The Kier molecular flexibility index (Phi) is 4.48. The van der Waals surface area contributed by atoms with Crippen molar-refractivity contribution in [2.75, 3.05) is 7.11 Å². The van der Waals surface area contributed by atoms with Gasteiger partial charge in [-0.15, -0.1) is 0 Å². The van der Waals surface area contributed by atoms with Crippen LogP contribution in [0.5, 0.6) is 5.75 Å². The molecule has 0 aliphatic carbocycles. The Morgan fingerprint density at radius 3 is 2.38 bits per heavy atom. The fourth-order valence-corrected chi connectivity index (χ4v) is 2.63. The quantitative estimate of drug-likeness (QED) is 0.795. The number of hydrogen-bond acceptors (Lipinski definition) is 4. The number of rotatable bonds is 4. The predicted octanol–water partition coefficient (Wildman–Crippen LogP) is 1.48. The molecule has 2 atom stereocenters. The smallest absolute Gasteiger partial charge is 0.258 e. The lowest BCUT2D eigenvalue weighted by molar-refractivity contribution is -0.121. The molecule has 2 amide bonds. The molecular formula is C18H19N3O3. The van der Waals surface area contributed by atoms with Crippen LogP contribution in [0.25, 0.3) is 0 Å². The SMILES string of the molecule is COc1ccc(C(=O)NC2C(=O)NNC2c2ccc(C)cc2)cc1. The first-order valence-electron chi connectivity index (χ1n) is 7.65. The number of hydrogen-bond donors (Lipinski definition) is 3. The second kappa shape index (κ2) is 6.72. The Labute approximate surface area is 140 Å². The van der Waals surface area contributed by atoms with Crippen molar-refractivity contribution in [3.05, 3.63) is 65.2 Å². The van der Waals surface area contributed by atoms with Crippen molar-refractivity contribution < 1.29 is 14.3 Å². The van der Waals surface area contributed by atoms with Gasteiger partial charge >= 0.3 is 0 Å². The van der Waals surface area contributed by atoms with Gasteiger partial charge in [-0.25, -0.2) is 5.43 Å². The summed E-state index contributed by atoms with van der Waals surface area (Å²) in [6, 6.07) is 13.6. The molecule has 1 heterocycles. The molecule has 2 aromatic carbocycles. The summed E-state index contributed by atoms with van der Waals surface area (Å²) in [4.78, 5) is 24.5. The van der Waals surface area contributed by atoms with E-state index in [9.17, 15) is 9.59 Å². The van der Waals surface area contributed by atoms with Crippen LogP contribution in [-0.4, -0.2) is 25.0 Å². The minimum absolute atomic E-state index is 0.262. The molecule has 124 valence electrons. The molecule has 24 heavy (non-hydrogen) atoms. The first kappa shape index (κ1) is 16.0. The van der Waals surface area contributed by atoms with Crippen LogP contribution in [-0.2, 0) is 4.79 Å². The maximum atomic E-state index is 12.4. The molecule has 3 rings (SSSR count). The highest BCUT2D eigenvalue weighted by molar-refractivity contribution is 5.98. The third-order valence-corrected chi connectivity index (χ3v) is 4.04. The van der Waals surface area contributed by atoms with Gasteiger partial charge in [0.2, 0.25) is 0 Å². The lowest BCUT2D eigenvalue weighted by Crippen LogP contribution is -2.42. The first-order valence-corrected chi connectivity index (χ1v) is 7.65. The summed E-state index contributed by atoms with van der Waals surface area (Å²) in [5, 5.41) is 2.79. The van der Waals surface area contributed by atoms with E-state index in [1.807, 2.05) is 31.2 Å². The van der Waals surface area contributed by atoms with Gasteiger partial charge in [0.05, 0.1) is 13.2 Å². The molecule has 0 saturated carbocycles. The second-order valence-electron chi connectivity index (χ2n) is 5.70. The van der Waals surface area contributed by atoms with Crippen molar-refractivity contribution in [1.29, 1.82) is 0 Å². The third kappa shape index (κ3) is 3.23. The Morgan fingerprint density at radius 2 is 1.75 bits per heavy atom. The Hall–Kier alpha value is -2.86. The van der Waals surface area contributed by atoms with E-state index in [-0.39, 0.29) is 17.9 Å². The fourth-order valence-electron chi connectivity index (χ4n) is 2.63. The summed E-state index contributed by atoms with van der Waals surface area (Å²) in [5.41, 5.74) is 8.05. The van der Waals surface area contributed by atoms with Gasteiger partial charge in [-0.1, -0.05) is 29.8 Å². The van der Waals surface area contributed by atoms with Crippen LogP contribution >= 0.6 is 0 Å². The minimum Gasteiger partial charge on any atom is -0.497 e. The van der Waals surface area contributed by atoms with E-state index in [0.29, 0.717) is 11.3 Å². The highest BCUT2D eigenvalue weighted by Gasteiger charge is 2.36. The number of carbonyl (C=O) groups excluding carboxylic acids is 2. The normalized spacial score (nSPS) is 19.7. The van der Waals surface area contributed by atoms with Gasteiger partial charge < -0.3 is 10.1 Å². The number of nitrogens with one attached hydrogen (secondary N) is 3. The first-order chi connectivity index (χ1) is 11.6.